The van der Waals surface area contributed by atoms with E-state index in [4.69, 9.17) is 4.74 Å². The van der Waals surface area contributed by atoms with Crippen LogP contribution in [-0.2, 0) is 19.9 Å². The van der Waals surface area contributed by atoms with Gasteiger partial charge in [-0.05, 0) is 75.6 Å². The Morgan fingerprint density at radius 3 is 2.66 bits per heavy atom. The number of halogens is 4. The number of amides is 1. The summed E-state index contributed by atoms with van der Waals surface area (Å²) in [4.78, 5) is 19.6. The van der Waals surface area contributed by atoms with Gasteiger partial charge >= 0.3 is 6.18 Å². The van der Waals surface area contributed by atoms with Crippen molar-refractivity contribution in [1.82, 2.24) is 25.0 Å². The number of aromatic nitrogens is 3. The van der Waals surface area contributed by atoms with E-state index >= 15 is 0 Å². The first-order valence-corrected chi connectivity index (χ1v) is 14.1. The van der Waals surface area contributed by atoms with Crippen LogP contribution < -0.4 is 10.1 Å². The summed E-state index contributed by atoms with van der Waals surface area (Å²) in [6.45, 7) is 3.67. The number of allylic oxidation sites excluding steroid dienone is 1. The Balaban J connectivity index is 1.07. The van der Waals surface area contributed by atoms with E-state index in [-0.39, 0.29) is 17.3 Å². The second-order valence-corrected chi connectivity index (χ2v) is 11.1. The lowest BCUT2D eigenvalue weighted by atomic mass is 9.84. The molecular weight excluding hydrogens is 538 g/mol. The first-order valence-electron chi connectivity index (χ1n) is 14.1. The van der Waals surface area contributed by atoms with Crippen molar-refractivity contribution in [1.29, 1.82) is 0 Å². The van der Waals surface area contributed by atoms with Crippen LogP contribution in [0.3, 0.4) is 0 Å². The second kappa shape index (κ2) is 12.2. The van der Waals surface area contributed by atoms with E-state index in [1.165, 1.54) is 28.5 Å². The number of hydrogen-bond acceptors (Lipinski definition) is 5. The fourth-order valence-electron chi connectivity index (χ4n) is 5.62. The quantitative estimate of drug-likeness (QED) is 0.366. The van der Waals surface area contributed by atoms with Gasteiger partial charge in [-0.1, -0.05) is 11.6 Å². The van der Waals surface area contributed by atoms with Crippen LogP contribution in [0.15, 0.2) is 42.2 Å². The van der Waals surface area contributed by atoms with Crippen LogP contribution in [0.2, 0.25) is 0 Å². The molecule has 3 heterocycles. The molecule has 2 aromatic heterocycles. The summed E-state index contributed by atoms with van der Waals surface area (Å²) in [6, 6.07) is 6.13. The molecule has 1 atom stereocenters. The predicted molar refractivity (Wildman–Crippen MR) is 147 cm³/mol. The Hall–Kier alpha value is -3.47. The summed E-state index contributed by atoms with van der Waals surface area (Å²) >= 11 is 0. The fraction of sp³-hybridized carbons (Fsp3) is 0.500. The van der Waals surface area contributed by atoms with E-state index in [2.05, 4.69) is 20.3 Å². The number of rotatable bonds is 7. The molecule has 41 heavy (non-hydrogen) atoms. The molecule has 1 aliphatic heterocycles. The van der Waals surface area contributed by atoms with Crippen molar-refractivity contribution < 1.29 is 27.1 Å². The summed E-state index contributed by atoms with van der Waals surface area (Å²) in [5.41, 5.74) is 3.67. The van der Waals surface area contributed by atoms with Crippen molar-refractivity contribution >= 4 is 16.8 Å². The van der Waals surface area contributed by atoms with Crippen LogP contribution in [-0.4, -0.2) is 57.5 Å². The van der Waals surface area contributed by atoms with Gasteiger partial charge in [-0.25, -0.2) is 9.37 Å². The number of nitrogens with one attached hydrogen (secondary N) is 1. The summed E-state index contributed by atoms with van der Waals surface area (Å²) in [5, 5.41) is 7.48. The van der Waals surface area contributed by atoms with Gasteiger partial charge in [0, 0.05) is 56.1 Å². The lowest BCUT2D eigenvalue weighted by molar-refractivity contribution is -0.190. The number of alkyl halides is 3. The van der Waals surface area contributed by atoms with Crippen LogP contribution in [0.25, 0.3) is 10.9 Å². The molecule has 220 valence electrons. The third-order valence-electron chi connectivity index (χ3n) is 8.16. The average Bonchev–Trinajstić information content (AvgIpc) is 3.22. The Bertz CT molecular complexity index is 1420. The van der Waals surface area contributed by atoms with Gasteiger partial charge in [0.2, 0.25) is 5.88 Å². The molecule has 0 spiro atoms. The van der Waals surface area contributed by atoms with Crippen LogP contribution in [0.5, 0.6) is 5.88 Å². The molecule has 0 unspecified atom stereocenters. The SMILES string of the molecule is C[C@@H](Oc1ccc2c(n1)CCN(CCC1CCC(=CNC(=O)c3ccc(F)c4nn(C)cc34)CC1)CC2)C(F)(F)F. The van der Waals surface area contributed by atoms with E-state index in [0.717, 1.165) is 76.3 Å². The zero-order valence-corrected chi connectivity index (χ0v) is 23.3. The third kappa shape index (κ3) is 7.06. The zero-order chi connectivity index (χ0) is 29.1. The maximum absolute atomic E-state index is 14.0. The molecule has 11 heteroatoms. The Morgan fingerprint density at radius 2 is 1.90 bits per heavy atom. The minimum absolute atomic E-state index is 0.0207. The zero-order valence-electron chi connectivity index (χ0n) is 23.3. The van der Waals surface area contributed by atoms with Gasteiger partial charge in [0.1, 0.15) is 5.52 Å². The van der Waals surface area contributed by atoms with Gasteiger partial charge in [-0.15, -0.1) is 0 Å². The molecule has 1 fully saturated rings. The minimum atomic E-state index is -4.42. The monoisotopic (exact) mass is 573 g/mol. The minimum Gasteiger partial charge on any atom is -0.465 e. The van der Waals surface area contributed by atoms with Gasteiger partial charge in [0.15, 0.2) is 11.9 Å². The summed E-state index contributed by atoms with van der Waals surface area (Å²) < 4.78 is 59.1. The van der Waals surface area contributed by atoms with Crippen molar-refractivity contribution in [3.05, 3.63) is 64.9 Å². The number of carbonyl (C=O) groups excluding carboxylic acids is 1. The number of carbonyl (C=O) groups is 1. The topological polar surface area (TPSA) is 72.3 Å². The van der Waals surface area contributed by atoms with Gasteiger partial charge in [-0.3, -0.25) is 9.48 Å². The Morgan fingerprint density at radius 1 is 1.15 bits per heavy atom. The molecule has 1 aliphatic carbocycles. The largest absolute Gasteiger partial charge is 0.465 e. The molecule has 2 aliphatic rings. The van der Waals surface area contributed by atoms with E-state index in [1.54, 1.807) is 19.4 Å². The van der Waals surface area contributed by atoms with E-state index < -0.39 is 18.1 Å². The van der Waals surface area contributed by atoms with E-state index in [1.807, 2.05) is 6.07 Å². The highest BCUT2D eigenvalue weighted by Gasteiger charge is 2.38. The maximum Gasteiger partial charge on any atom is 0.425 e. The molecule has 7 nitrogen and oxygen atoms in total. The van der Waals surface area contributed by atoms with Crippen LogP contribution >= 0.6 is 0 Å². The van der Waals surface area contributed by atoms with Gasteiger partial charge in [-0.2, -0.15) is 18.3 Å². The molecule has 1 saturated carbocycles. The molecule has 1 N–H and O–H groups in total. The third-order valence-corrected chi connectivity index (χ3v) is 8.16. The van der Waals surface area contributed by atoms with Crippen molar-refractivity contribution in [2.24, 2.45) is 13.0 Å². The number of aryl methyl sites for hydroxylation is 1. The smallest absolute Gasteiger partial charge is 0.425 e. The highest BCUT2D eigenvalue weighted by Crippen LogP contribution is 2.31. The lowest BCUT2D eigenvalue weighted by Gasteiger charge is -2.27. The van der Waals surface area contributed by atoms with Crippen LogP contribution in [0.4, 0.5) is 17.6 Å². The summed E-state index contributed by atoms with van der Waals surface area (Å²) in [6.07, 6.45) is 3.66. The van der Waals surface area contributed by atoms with E-state index in [9.17, 15) is 22.4 Å². The number of ether oxygens (including phenoxy) is 1. The maximum atomic E-state index is 14.0. The average molecular weight is 574 g/mol. The van der Waals surface area contributed by atoms with Crippen LogP contribution in [0, 0.1) is 11.7 Å². The summed E-state index contributed by atoms with van der Waals surface area (Å²) in [7, 11) is 1.70. The lowest BCUT2D eigenvalue weighted by Crippen LogP contribution is -2.31. The first-order chi connectivity index (χ1) is 19.6. The number of benzene rings is 1. The van der Waals surface area contributed by atoms with Crippen molar-refractivity contribution in [3.8, 4) is 5.88 Å². The number of fused-ring (bicyclic) bond motifs is 2. The van der Waals surface area contributed by atoms with Gasteiger partial charge < -0.3 is 15.0 Å². The number of pyridine rings is 1. The molecule has 1 aromatic carbocycles. The Kier molecular flexibility index (Phi) is 8.63. The van der Waals surface area contributed by atoms with Crippen LogP contribution in [0.1, 0.15) is 60.6 Å². The van der Waals surface area contributed by atoms with Gasteiger partial charge in [0.25, 0.3) is 5.91 Å². The molecule has 0 saturated heterocycles. The molecular formula is C30H35F4N5O2. The highest BCUT2D eigenvalue weighted by atomic mass is 19.4. The second-order valence-electron chi connectivity index (χ2n) is 11.1. The number of nitrogens with zero attached hydrogens (tertiary/aromatic N) is 4. The normalized spacial score (nSPS) is 19.0. The van der Waals surface area contributed by atoms with Crippen molar-refractivity contribution in [2.45, 2.75) is 64.1 Å². The summed E-state index contributed by atoms with van der Waals surface area (Å²) in [5.74, 6) is -0.105. The van der Waals surface area contributed by atoms with E-state index in [0.29, 0.717) is 23.3 Å². The Labute approximate surface area is 236 Å². The van der Waals surface area contributed by atoms with Crippen molar-refractivity contribution in [3.63, 3.8) is 0 Å². The standard InChI is InChI=1S/C30H35F4N5O2/c1-19(30(32,33)34)41-27-10-7-22-12-15-39(16-13-26(22)36-27)14-11-20-3-5-21(6-4-20)17-35-29(40)23-8-9-25(31)28-24(23)18-38(2)37-28/h7-10,17-20H,3-6,11-16H2,1-2H3,(H,35,40)/t19-,20?/m1/s1. The molecule has 5 rings (SSSR count). The molecule has 0 bridgehead atoms. The number of hydrogen-bond donors (Lipinski definition) is 1. The first kappa shape index (κ1) is 29.0. The van der Waals surface area contributed by atoms with Crippen molar-refractivity contribution in [2.75, 3.05) is 19.6 Å². The molecule has 3 aromatic rings. The molecule has 1 amide bonds. The molecule has 0 radical (unpaired) electrons. The van der Waals surface area contributed by atoms with Gasteiger partial charge in [0.05, 0.1) is 5.56 Å². The highest BCUT2D eigenvalue weighted by molar-refractivity contribution is 6.06. The fourth-order valence-corrected chi connectivity index (χ4v) is 5.62. The predicted octanol–water partition coefficient (Wildman–Crippen LogP) is 5.73.